The molecule has 0 aliphatic rings. The second kappa shape index (κ2) is 6.32. The SMILES string of the molecule is COCCCS(=O)(=O)Nc1cc(C)c(Br)cn1. The quantitative estimate of drug-likeness (QED) is 0.812. The zero-order chi connectivity index (χ0) is 12.9. The van der Waals surface area contributed by atoms with Gasteiger partial charge in [-0.25, -0.2) is 13.4 Å². The Bertz CT molecular complexity index is 476. The van der Waals surface area contributed by atoms with E-state index in [4.69, 9.17) is 4.74 Å². The van der Waals surface area contributed by atoms with Gasteiger partial charge in [0.05, 0.1) is 5.75 Å². The van der Waals surface area contributed by atoms with Crippen molar-refractivity contribution in [3.05, 3.63) is 22.3 Å². The van der Waals surface area contributed by atoms with Gasteiger partial charge in [0, 0.05) is 24.4 Å². The van der Waals surface area contributed by atoms with Crippen LogP contribution in [0.5, 0.6) is 0 Å². The van der Waals surface area contributed by atoms with Crippen molar-refractivity contribution < 1.29 is 13.2 Å². The molecule has 0 unspecified atom stereocenters. The number of pyridine rings is 1. The van der Waals surface area contributed by atoms with E-state index in [-0.39, 0.29) is 5.75 Å². The van der Waals surface area contributed by atoms with Gasteiger partial charge in [0.15, 0.2) is 0 Å². The van der Waals surface area contributed by atoms with E-state index in [1.807, 2.05) is 6.92 Å². The Morgan fingerprint density at radius 1 is 1.53 bits per heavy atom. The fourth-order valence-electron chi connectivity index (χ4n) is 1.20. The molecule has 1 N–H and O–H groups in total. The topological polar surface area (TPSA) is 68.3 Å². The molecule has 0 atom stereocenters. The van der Waals surface area contributed by atoms with E-state index < -0.39 is 10.0 Å². The van der Waals surface area contributed by atoms with E-state index in [0.717, 1.165) is 10.0 Å². The smallest absolute Gasteiger partial charge is 0.233 e. The number of nitrogens with zero attached hydrogens (tertiary/aromatic N) is 1. The van der Waals surface area contributed by atoms with Gasteiger partial charge in [-0.3, -0.25) is 4.72 Å². The van der Waals surface area contributed by atoms with E-state index in [1.54, 1.807) is 19.4 Å². The second-order valence-corrected chi connectivity index (χ2v) is 6.28. The van der Waals surface area contributed by atoms with Crippen LogP contribution in [0.1, 0.15) is 12.0 Å². The molecule has 7 heteroatoms. The molecule has 1 aromatic rings. The summed E-state index contributed by atoms with van der Waals surface area (Å²) in [5, 5.41) is 0. The Morgan fingerprint density at radius 3 is 2.82 bits per heavy atom. The predicted octanol–water partition coefficient (Wildman–Crippen LogP) is 1.93. The van der Waals surface area contributed by atoms with Crippen LogP contribution in [-0.4, -0.2) is 32.9 Å². The van der Waals surface area contributed by atoms with Crippen molar-refractivity contribution in [3.8, 4) is 0 Å². The van der Waals surface area contributed by atoms with Crippen LogP contribution in [0.15, 0.2) is 16.7 Å². The van der Waals surface area contributed by atoms with Crippen LogP contribution in [0.3, 0.4) is 0 Å². The van der Waals surface area contributed by atoms with Gasteiger partial charge in [-0.2, -0.15) is 0 Å². The summed E-state index contributed by atoms with van der Waals surface area (Å²) in [7, 11) is -1.80. The zero-order valence-electron chi connectivity index (χ0n) is 9.73. The van der Waals surface area contributed by atoms with Crippen LogP contribution >= 0.6 is 15.9 Å². The molecule has 0 radical (unpaired) electrons. The lowest BCUT2D eigenvalue weighted by Gasteiger charge is -2.08. The van der Waals surface area contributed by atoms with E-state index in [9.17, 15) is 8.42 Å². The van der Waals surface area contributed by atoms with Gasteiger partial charge in [-0.05, 0) is 40.9 Å². The Morgan fingerprint density at radius 2 is 2.24 bits per heavy atom. The lowest BCUT2D eigenvalue weighted by molar-refractivity contribution is 0.199. The molecular formula is C10H15BrN2O3S. The van der Waals surface area contributed by atoms with Crippen molar-refractivity contribution in [1.82, 2.24) is 4.98 Å². The van der Waals surface area contributed by atoms with Crippen molar-refractivity contribution in [2.75, 3.05) is 24.2 Å². The third-order valence-electron chi connectivity index (χ3n) is 2.07. The van der Waals surface area contributed by atoms with Gasteiger partial charge in [0.25, 0.3) is 0 Å². The minimum atomic E-state index is -3.34. The number of halogens is 1. The molecule has 0 aliphatic heterocycles. The van der Waals surface area contributed by atoms with Crippen LogP contribution < -0.4 is 4.72 Å². The molecule has 0 amide bonds. The molecular weight excluding hydrogens is 308 g/mol. The van der Waals surface area contributed by atoms with Gasteiger partial charge in [0.1, 0.15) is 5.82 Å². The number of sulfonamides is 1. The molecule has 1 aromatic heterocycles. The minimum Gasteiger partial charge on any atom is -0.385 e. The zero-order valence-corrected chi connectivity index (χ0v) is 12.1. The molecule has 0 saturated heterocycles. The van der Waals surface area contributed by atoms with E-state index in [1.165, 1.54) is 0 Å². The molecule has 0 bridgehead atoms. The Hall–Kier alpha value is -0.660. The molecule has 17 heavy (non-hydrogen) atoms. The summed E-state index contributed by atoms with van der Waals surface area (Å²) in [6.07, 6.45) is 2.03. The second-order valence-electron chi connectivity index (χ2n) is 3.59. The highest BCUT2D eigenvalue weighted by Crippen LogP contribution is 2.17. The summed E-state index contributed by atoms with van der Waals surface area (Å²) in [6.45, 7) is 2.29. The minimum absolute atomic E-state index is 0.0254. The van der Waals surface area contributed by atoms with Crippen molar-refractivity contribution in [2.24, 2.45) is 0 Å². The molecule has 0 fully saturated rings. The summed E-state index contributed by atoms with van der Waals surface area (Å²) >= 11 is 3.30. The van der Waals surface area contributed by atoms with E-state index >= 15 is 0 Å². The van der Waals surface area contributed by atoms with E-state index in [0.29, 0.717) is 18.8 Å². The maximum atomic E-state index is 11.7. The lowest BCUT2D eigenvalue weighted by atomic mass is 10.3. The van der Waals surface area contributed by atoms with Gasteiger partial charge in [0.2, 0.25) is 10.0 Å². The van der Waals surface area contributed by atoms with Gasteiger partial charge >= 0.3 is 0 Å². The monoisotopic (exact) mass is 322 g/mol. The Kier molecular flexibility index (Phi) is 5.35. The molecule has 0 aliphatic carbocycles. The average molecular weight is 323 g/mol. The largest absolute Gasteiger partial charge is 0.385 e. The summed E-state index contributed by atoms with van der Waals surface area (Å²) in [5.41, 5.74) is 0.926. The number of hydrogen-bond donors (Lipinski definition) is 1. The Balaban J connectivity index is 2.66. The molecule has 5 nitrogen and oxygen atoms in total. The Labute approximate surface area is 110 Å². The number of aryl methyl sites for hydroxylation is 1. The van der Waals surface area contributed by atoms with Crippen LogP contribution in [0.25, 0.3) is 0 Å². The highest BCUT2D eigenvalue weighted by Gasteiger charge is 2.11. The maximum Gasteiger partial charge on any atom is 0.233 e. The number of nitrogens with one attached hydrogen (secondary N) is 1. The highest BCUT2D eigenvalue weighted by atomic mass is 79.9. The van der Waals surface area contributed by atoms with Crippen LogP contribution in [0.2, 0.25) is 0 Å². The summed E-state index contributed by atoms with van der Waals surface area (Å²) in [5.74, 6) is 0.362. The van der Waals surface area contributed by atoms with Crippen LogP contribution in [0, 0.1) is 6.92 Å². The molecule has 0 spiro atoms. The lowest BCUT2D eigenvalue weighted by Crippen LogP contribution is -2.18. The first kappa shape index (κ1) is 14.4. The van der Waals surface area contributed by atoms with Crippen LogP contribution in [0.4, 0.5) is 5.82 Å². The third-order valence-corrected chi connectivity index (χ3v) is 4.24. The first-order chi connectivity index (χ1) is 7.94. The van der Waals surface area contributed by atoms with Crippen molar-refractivity contribution in [3.63, 3.8) is 0 Å². The first-order valence-electron chi connectivity index (χ1n) is 5.06. The van der Waals surface area contributed by atoms with Gasteiger partial charge in [-0.15, -0.1) is 0 Å². The number of rotatable bonds is 6. The predicted molar refractivity (Wildman–Crippen MR) is 70.6 cm³/mol. The summed E-state index contributed by atoms with van der Waals surface area (Å²) in [4.78, 5) is 3.98. The third kappa shape index (κ3) is 5.01. The van der Waals surface area contributed by atoms with Crippen molar-refractivity contribution in [1.29, 1.82) is 0 Å². The van der Waals surface area contributed by atoms with E-state index in [2.05, 4.69) is 25.6 Å². The fraction of sp³-hybridized carbons (Fsp3) is 0.500. The normalized spacial score (nSPS) is 11.5. The van der Waals surface area contributed by atoms with Crippen LogP contribution in [-0.2, 0) is 14.8 Å². The number of ether oxygens (including phenoxy) is 1. The highest BCUT2D eigenvalue weighted by molar-refractivity contribution is 9.10. The molecule has 1 rings (SSSR count). The average Bonchev–Trinajstić information content (AvgIpc) is 2.23. The number of anilines is 1. The van der Waals surface area contributed by atoms with Gasteiger partial charge < -0.3 is 4.74 Å². The first-order valence-corrected chi connectivity index (χ1v) is 7.51. The molecule has 0 saturated carbocycles. The molecule has 0 aromatic carbocycles. The maximum absolute atomic E-state index is 11.7. The van der Waals surface area contributed by atoms with Crippen molar-refractivity contribution >= 4 is 31.8 Å². The fourth-order valence-corrected chi connectivity index (χ4v) is 2.45. The summed E-state index contributed by atoms with van der Waals surface area (Å²) in [6, 6.07) is 1.68. The number of hydrogen-bond acceptors (Lipinski definition) is 4. The number of methoxy groups -OCH3 is 1. The molecule has 1 heterocycles. The van der Waals surface area contributed by atoms with Gasteiger partial charge in [-0.1, -0.05) is 0 Å². The standard InChI is InChI=1S/C10H15BrN2O3S/c1-8-6-10(12-7-9(8)11)13-17(14,15)5-3-4-16-2/h6-7H,3-5H2,1-2H3,(H,12,13). The molecule has 96 valence electrons. The summed E-state index contributed by atoms with van der Waals surface area (Å²) < 4.78 is 31.4. The number of aromatic nitrogens is 1. The van der Waals surface area contributed by atoms with Crippen molar-refractivity contribution in [2.45, 2.75) is 13.3 Å².